The van der Waals surface area contributed by atoms with Gasteiger partial charge in [-0.15, -0.1) is 0 Å². The van der Waals surface area contributed by atoms with E-state index in [1.807, 2.05) is 0 Å². The highest BCUT2D eigenvalue weighted by Gasteiger charge is 2.17. The number of para-hydroxylation sites is 1. The lowest BCUT2D eigenvalue weighted by atomic mass is 10.0. The number of benzene rings is 3. The molecule has 8 heteroatoms. The number of amides is 1. The van der Waals surface area contributed by atoms with Crippen molar-refractivity contribution in [1.29, 1.82) is 0 Å². The summed E-state index contributed by atoms with van der Waals surface area (Å²) in [6.45, 7) is 3.58. The third kappa shape index (κ3) is 7.21. The van der Waals surface area contributed by atoms with Crippen molar-refractivity contribution in [3.8, 4) is 17.2 Å². The van der Waals surface area contributed by atoms with Crippen LogP contribution in [0, 0.1) is 0 Å². The summed E-state index contributed by atoms with van der Waals surface area (Å²) < 4.78 is 9.84. The molecular formula is C24H24ClNO6. The number of anilines is 1. The molecule has 168 valence electrons. The van der Waals surface area contributed by atoms with Gasteiger partial charge in [0.25, 0.3) is 0 Å². The molecule has 0 heterocycles. The Morgan fingerprint density at radius 2 is 1.59 bits per heavy atom. The number of phenolic OH excluding ortho intramolecular Hbond substituents is 2. The van der Waals surface area contributed by atoms with Crippen LogP contribution in [0.15, 0.2) is 66.7 Å². The normalized spacial score (nSPS) is 10.0. The highest BCUT2D eigenvalue weighted by Crippen LogP contribution is 2.28. The van der Waals surface area contributed by atoms with Gasteiger partial charge in [0.2, 0.25) is 0 Å². The molecule has 3 aromatic rings. The number of phenols is 2. The maximum atomic E-state index is 12.1. The quantitative estimate of drug-likeness (QED) is 0.428. The van der Waals surface area contributed by atoms with E-state index in [1.165, 1.54) is 31.4 Å². The van der Waals surface area contributed by atoms with E-state index in [9.17, 15) is 19.8 Å². The molecule has 0 saturated heterocycles. The second kappa shape index (κ2) is 11.6. The van der Waals surface area contributed by atoms with Gasteiger partial charge in [-0.2, -0.15) is 0 Å². The summed E-state index contributed by atoms with van der Waals surface area (Å²) in [7, 11) is 1.47. The van der Waals surface area contributed by atoms with Crippen LogP contribution in [0.2, 0.25) is 5.02 Å². The van der Waals surface area contributed by atoms with Crippen LogP contribution >= 0.6 is 11.6 Å². The number of ether oxygens (including phenoxy) is 2. The van der Waals surface area contributed by atoms with Gasteiger partial charge >= 0.3 is 6.09 Å². The Labute approximate surface area is 191 Å². The van der Waals surface area contributed by atoms with Crippen LogP contribution in [0.25, 0.3) is 0 Å². The predicted molar refractivity (Wildman–Crippen MR) is 123 cm³/mol. The zero-order chi connectivity index (χ0) is 23.7. The van der Waals surface area contributed by atoms with Crippen molar-refractivity contribution < 1.29 is 29.3 Å². The largest absolute Gasteiger partial charge is 0.507 e. The average molecular weight is 458 g/mol. The number of hydrogen-bond acceptors (Lipinski definition) is 6. The lowest BCUT2D eigenvalue weighted by Gasteiger charge is -2.09. The molecule has 0 fully saturated rings. The maximum absolute atomic E-state index is 12.1. The first-order valence-electron chi connectivity index (χ1n) is 9.64. The third-order valence-corrected chi connectivity index (χ3v) is 4.25. The number of nitrogens with one attached hydrogen (secondary N) is 1. The zero-order valence-corrected chi connectivity index (χ0v) is 18.6. The molecule has 0 aromatic heterocycles. The van der Waals surface area contributed by atoms with Crippen molar-refractivity contribution in [3.05, 3.63) is 82.9 Å². The Kier molecular flexibility index (Phi) is 8.92. The van der Waals surface area contributed by atoms with E-state index in [4.69, 9.17) is 21.1 Å². The number of halogens is 1. The van der Waals surface area contributed by atoms with Crippen LogP contribution in [0.5, 0.6) is 17.2 Å². The van der Waals surface area contributed by atoms with Gasteiger partial charge in [0, 0.05) is 16.8 Å². The Balaban J connectivity index is 0.000000235. The number of ketones is 1. The molecule has 0 radical (unpaired) electrons. The summed E-state index contributed by atoms with van der Waals surface area (Å²) in [5, 5.41) is 22.5. The van der Waals surface area contributed by atoms with Crippen LogP contribution in [0.3, 0.4) is 0 Å². The Morgan fingerprint density at radius 3 is 2.19 bits per heavy atom. The second-order valence-corrected chi connectivity index (χ2v) is 7.26. The van der Waals surface area contributed by atoms with Crippen LogP contribution in [-0.2, 0) is 4.74 Å². The Bertz CT molecular complexity index is 1080. The van der Waals surface area contributed by atoms with E-state index in [1.54, 1.807) is 56.3 Å². The zero-order valence-electron chi connectivity index (χ0n) is 17.8. The molecule has 0 aliphatic rings. The van der Waals surface area contributed by atoms with E-state index in [0.29, 0.717) is 16.5 Å². The summed E-state index contributed by atoms with van der Waals surface area (Å²) in [6, 6.07) is 17.5. The van der Waals surface area contributed by atoms with Crippen molar-refractivity contribution in [3.63, 3.8) is 0 Å². The van der Waals surface area contributed by atoms with E-state index in [2.05, 4.69) is 5.32 Å². The number of carbonyl (C=O) groups is 2. The van der Waals surface area contributed by atoms with Crippen molar-refractivity contribution in [2.75, 3.05) is 12.4 Å². The molecule has 3 aromatic carbocycles. The van der Waals surface area contributed by atoms with Crippen molar-refractivity contribution in [1.82, 2.24) is 0 Å². The molecule has 0 aliphatic heterocycles. The summed E-state index contributed by atoms with van der Waals surface area (Å²) in [6.07, 6.45) is -0.601. The van der Waals surface area contributed by atoms with Gasteiger partial charge in [-0.1, -0.05) is 29.8 Å². The maximum Gasteiger partial charge on any atom is 0.411 e. The number of aromatic hydroxyl groups is 2. The molecule has 7 nitrogen and oxygen atoms in total. The first-order chi connectivity index (χ1) is 15.2. The van der Waals surface area contributed by atoms with Crippen LogP contribution in [0.1, 0.15) is 29.8 Å². The molecule has 3 N–H and O–H groups in total. The number of rotatable bonds is 5. The van der Waals surface area contributed by atoms with Crippen molar-refractivity contribution in [2.24, 2.45) is 0 Å². The molecule has 0 spiro atoms. The lowest BCUT2D eigenvalue weighted by molar-refractivity contribution is 0.103. The minimum absolute atomic E-state index is 0.113. The fourth-order valence-electron chi connectivity index (χ4n) is 2.57. The molecule has 0 unspecified atom stereocenters. The molecule has 0 aliphatic carbocycles. The monoisotopic (exact) mass is 457 g/mol. The summed E-state index contributed by atoms with van der Waals surface area (Å²) >= 11 is 5.74. The van der Waals surface area contributed by atoms with Gasteiger partial charge in [-0.05, 0) is 56.3 Å². The molecule has 32 heavy (non-hydrogen) atoms. The molecular weight excluding hydrogens is 434 g/mol. The minimum atomic E-state index is -0.470. The summed E-state index contributed by atoms with van der Waals surface area (Å²) in [4.78, 5) is 23.3. The standard InChI is InChI=1S/C14H12O4.C10H12ClNO2/c1-18-9-6-7-11(13(16)8-9)14(17)10-4-2-3-5-12(10)15;1-7(2)14-10(13)12-9-5-3-4-8(11)6-9/h2-8,15-16H,1H3;3-7H,1-2H3,(H,12,13). The smallest absolute Gasteiger partial charge is 0.411 e. The summed E-state index contributed by atoms with van der Waals surface area (Å²) in [5.74, 6) is -0.269. The first kappa shape index (κ1) is 24.6. The van der Waals surface area contributed by atoms with E-state index < -0.39 is 11.9 Å². The number of hydrogen-bond donors (Lipinski definition) is 3. The Morgan fingerprint density at radius 1 is 0.906 bits per heavy atom. The van der Waals surface area contributed by atoms with Crippen LogP contribution in [0.4, 0.5) is 10.5 Å². The van der Waals surface area contributed by atoms with Crippen molar-refractivity contribution in [2.45, 2.75) is 20.0 Å². The highest BCUT2D eigenvalue weighted by molar-refractivity contribution is 6.30. The van der Waals surface area contributed by atoms with Gasteiger partial charge in [0.1, 0.15) is 17.2 Å². The number of carbonyl (C=O) groups excluding carboxylic acids is 2. The highest BCUT2D eigenvalue weighted by atomic mass is 35.5. The second-order valence-electron chi connectivity index (χ2n) is 6.82. The molecule has 0 bridgehead atoms. The SMILES string of the molecule is CC(C)OC(=O)Nc1cccc(Cl)c1.COc1ccc(C(=O)c2ccccc2O)c(O)c1. The molecule has 3 rings (SSSR count). The lowest BCUT2D eigenvalue weighted by Crippen LogP contribution is -2.17. The van der Waals surface area contributed by atoms with Crippen molar-refractivity contribution >= 4 is 29.2 Å². The van der Waals surface area contributed by atoms with Gasteiger partial charge in [0.15, 0.2) is 5.78 Å². The van der Waals surface area contributed by atoms with Gasteiger partial charge in [-0.25, -0.2) is 4.79 Å². The number of methoxy groups -OCH3 is 1. The van der Waals surface area contributed by atoms with Crippen LogP contribution < -0.4 is 10.1 Å². The summed E-state index contributed by atoms with van der Waals surface area (Å²) in [5.41, 5.74) is 0.901. The van der Waals surface area contributed by atoms with E-state index in [-0.39, 0.29) is 28.7 Å². The molecule has 0 atom stereocenters. The van der Waals surface area contributed by atoms with E-state index >= 15 is 0 Å². The van der Waals surface area contributed by atoms with Gasteiger partial charge in [0.05, 0.1) is 24.3 Å². The van der Waals surface area contributed by atoms with E-state index in [0.717, 1.165) is 0 Å². The minimum Gasteiger partial charge on any atom is -0.507 e. The first-order valence-corrected chi connectivity index (χ1v) is 10.0. The van der Waals surface area contributed by atoms with Crippen LogP contribution in [-0.4, -0.2) is 35.3 Å². The third-order valence-electron chi connectivity index (χ3n) is 4.01. The predicted octanol–water partition coefficient (Wildman–Crippen LogP) is 5.63. The molecule has 0 saturated carbocycles. The molecule has 1 amide bonds. The average Bonchev–Trinajstić information content (AvgIpc) is 2.73. The fraction of sp³-hybridized carbons (Fsp3) is 0.167. The van der Waals surface area contributed by atoms with Gasteiger partial charge in [-0.3, -0.25) is 10.1 Å². The topological polar surface area (TPSA) is 105 Å². The Hall–Kier alpha value is -3.71. The van der Waals surface area contributed by atoms with Gasteiger partial charge < -0.3 is 19.7 Å². The fourth-order valence-corrected chi connectivity index (χ4v) is 2.76.